The minimum absolute atomic E-state index is 0.309. The molecule has 0 spiro atoms. The van der Waals surface area contributed by atoms with Gasteiger partial charge < -0.3 is 24.6 Å². The Balaban J connectivity index is 1.79. The first-order chi connectivity index (χ1) is 11.7. The molecule has 1 aromatic carbocycles. The van der Waals surface area contributed by atoms with Crippen LogP contribution in [0.5, 0.6) is 11.5 Å². The van der Waals surface area contributed by atoms with Crippen molar-refractivity contribution in [3.05, 3.63) is 36.2 Å². The molecule has 0 bridgehead atoms. The fourth-order valence-corrected chi connectivity index (χ4v) is 2.00. The third kappa shape index (κ3) is 3.51. The Morgan fingerprint density at radius 3 is 2.62 bits per heavy atom. The van der Waals surface area contributed by atoms with Gasteiger partial charge in [-0.3, -0.25) is 0 Å². The van der Waals surface area contributed by atoms with Crippen molar-refractivity contribution in [1.82, 2.24) is 20.3 Å². The maximum atomic E-state index is 5.33. The number of benzene rings is 1. The Morgan fingerprint density at radius 2 is 1.92 bits per heavy atom. The van der Waals surface area contributed by atoms with Crippen LogP contribution in [0.4, 0.5) is 23.3 Å². The van der Waals surface area contributed by atoms with Gasteiger partial charge in [-0.25, -0.2) is 0 Å². The number of hydrogen-bond acceptors (Lipinski definition) is 9. The number of anilines is 4. The van der Waals surface area contributed by atoms with Gasteiger partial charge in [0, 0.05) is 12.1 Å². The number of hydrogen-bond donors (Lipinski definition) is 2. The fourth-order valence-electron chi connectivity index (χ4n) is 2.00. The molecular formula is C15H16N6O3. The van der Waals surface area contributed by atoms with Crippen LogP contribution in [0.25, 0.3) is 0 Å². The van der Waals surface area contributed by atoms with Gasteiger partial charge in [0.05, 0.1) is 26.1 Å². The quantitative estimate of drug-likeness (QED) is 0.706. The van der Waals surface area contributed by atoms with E-state index < -0.39 is 0 Å². The summed E-state index contributed by atoms with van der Waals surface area (Å²) in [7, 11) is 3.17. The minimum Gasteiger partial charge on any atom is -0.497 e. The molecule has 24 heavy (non-hydrogen) atoms. The van der Waals surface area contributed by atoms with Crippen LogP contribution in [0.1, 0.15) is 5.76 Å². The smallest absolute Gasteiger partial charge is 0.249 e. The molecule has 0 unspecified atom stereocenters. The molecule has 9 nitrogen and oxygen atoms in total. The standard InChI is InChI=1S/C15H16N6O3/c1-9-6-13(21-24-9)18-14-8-16-20-15(19-14)17-11-5-4-10(22-2)7-12(11)23-3/h4-8H,1-3H3,(H2,17,18,19,20,21). The maximum Gasteiger partial charge on any atom is 0.249 e. The van der Waals surface area contributed by atoms with Crippen LogP contribution in [-0.2, 0) is 0 Å². The summed E-state index contributed by atoms with van der Waals surface area (Å²) in [5.41, 5.74) is 0.689. The molecular weight excluding hydrogens is 312 g/mol. The van der Waals surface area contributed by atoms with E-state index in [4.69, 9.17) is 14.0 Å². The summed E-state index contributed by atoms with van der Waals surface area (Å²) in [5, 5.41) is 17.8. The Labute approximate surface area is 138 Å². The molecule has 3 aromatic rings. The summed E-state index contributed by atoms with van der Waals surface area (Å²) >= 11 is 0. The zero-order valence-corrected chi connectivity index (χ0v) is 13.4. The summed E-state index contributed by atoms with van der Waals surface area (Å²) in [4.78, 5) is 4.33. The number of aryl methyl sites for hydroxylation is 1. The number of ether oxygens (including phenoxy) is 2. The second kappa shape index (κ2) is 6.82. The number of aromatic nitrogens is 4. The van der Waals surface area contributed by atoms with Crippen LogP contribution in [0.3, 0.4) is 0 Å². The third-order valence-electron chi connectivity index (χ3n) is 3.10. The van der Waals surface area contributed by atoms with Crippen molar-refractivity contribution in [1.29, 1.82) is 0 Å². The molecule has 0 radical (unpaired) electrons. The SMILES string of the molecule is COc1ccc(Nc2nncc(Nc3cc(C)on3)n2)c(OC)c1. The largest absolute Gasteiger partial charge is 0.497 e. The van der Waals surface area contributed by atoms with Crippen molar-refractivity contribution in [2.75, 3.05) is 24.9 Å². The minimum atomic E-state index is 0.309. The van der Waals surface area contributed by atoms with Crippen LogP contribution in [0.15, 0.2) is 35.0 Å². The molecule has 2 aromatic heterocycles. The van der Waals surface area contributed by atoms with Crippen LogP contribution in [0, 0.1) is 6.92 Å². The predicted molar refractivity (Wildman–Crippen MR) is 87.2 cm³/mol. The second-order valence-electron chi connectivity index (χ2n) is 4.80. The van der Waals surface area contributed by atoms with E-state index in [1.54, 1.807) is 39.3 Å². The average Bonchev–Trinajstić information content (AvgIpc) is 3.00. The third-order valence-corrected chi connectivity index (χ3v) is 3.10. The monoisotopic (exact) mass is 328 g/mol. The lowest BCUT2D eigenvalue weighted by atomic mass is 10.2. The van der Waals surface area contributed by atoms with E-state index in [9.17, 15) is 0 Å². The van der Waals surface area contributed by atoms with Gasteiger partial charge in [-0.2, -0.15) is 10.1 Å². The first-order valence-corrected chi connectivity index (χ1v) is 7.07. The van der Waals surface area contributed by atoms with E-state index in [0.717, 1.165) is 0 Å². The molecule has 2 heterocycles. The second-order valence-corrected chi connectivity index (χ2v) is 4.80. The van der Waals surface area contributed by atoms with Crippen molar-refractivity contribution < 1.29 is 14.0 Å². The highest BCUT2D eigenvalue weighted by molar-refractivity contribution is 5.65. The molecule has 0 saturated carbocycles. The molecule has 3 rings (SSSR count). The summed E-state index contributed by atoms with van der Waals surface area (Å²) in [6.07, 6.45) is 1.49. The topological polar surface area (TPSA) is 107 Å². The van der Waals surface area contributed by atoms with Gasteiger partial charge in [0.1, 0.15) is 17.3 Å². The molecule has 0 aliphatic rings. The van der Waals surface area contributed by atoms with Gasteiger partial charge in [-0.05, 0) is 19.1 Å². The number of nitrogens with one attached hydrogen (secondary N) is 2. The molecule has 2 N–H and O–H groups in total. The van der Waals surface area contributed by atoms with Crippen molar-refractivity contribution >= 4 is 23.3 Å². The molecule has 0 atom stereocenters. The van der Waals surface area contributed by atoms with Gasteiger partial charge in [0.2, 0.25) is 5.95 Å². The van der Waals surface area contributed by atoms with E-state index in [1.165, 1.54) is 6.20 Å². The predicted octanol–water partition coefficient (Wildman–Crippen LogP) is 2.67. The van der Waals surface area contributed by atoms with Crippen LogP contribution >= 0.6 is 0 Å². The highest BCUT2D eigenvalue weighted by atomic mass is 16.5. The summed E-state index contributed by atoms with van der Waals surface area (Å²) in [6.45, 7) is 1.80. The molecule has 0 amide bonds. The Hall–Kier alpha value is -3.36. The highest BCUT2D eigenvalue weighted by Gasteiger charge is 2.09. The fraction of sp³-hybridized carbons (Fsp3) is 0.200. The van der Waals surface area contributed by atoms with Gasteiger partial charge in [0.25, 0.3) is 0 Å². The Morgan fingerprint density at radius 1 is 1.04 bits per heavy atom. The number of methoxy groups -OCH3 is 2. The molecule has 0 fully saturated rings. The van der Waals surface area contributed by atoms with Gasteiger partial charge in [0.15, 0.2) is 11.6 Å². The van der Waals surface area contributed by atoms with E-state index in [1.807, 2.05) is 6.07 Å². The number of nitrogens with zero attached hydrogens (tertiary/aromatic N) is 4. The Bertz CT molecular complexity index is 836. The van der Waals surface area contributed by atoms with Crippen LogP contribution in [-0.4, -0.2) is 34.6 Å². The van der Waals surface area contributed by atoms with Crippen molar-refractivity contribution in [3.63, 3.8) is 0 Å². The van der Waals surface area contributed by atoms with Gasteiger partial charge in [-0.1, -0.05) is 5.16 Å². The average molecular weight is 328 g/mol. The lowest BCUT2D eigenvalue weighted by molar-refractivity contribution is 0.395. The van der Waals surface area contributed by atoms with Crippen molar-refractivity contribution in [2.45, 2.75) is 6.92 Å². The maximum absolute atomic E-state index is 5.33. The first kappa shape index (κ1) is 15.5. The normalized spacial score (nSPS) is 10.3. The van der Waals surface area contributed by atoms with Crippen LogP contribution in [0.2, 0.25) is 0 Å². The lowest BCUT2D eigenvalue weighted by Crippen LogP contribution is -2.03. The van der Waals surface area contributed by atoms with Gasteiger partial charge in [-0.15, -0.1) is 5.10 Å². The molecule has 0 aliphatic heterocycles. The van der Waals surface area contributed by atoms with Crippen molar-refractivity contribution in [3.8, 4) is 11.5 Å². The van der Waals surface area contributed by atoms with Crippen LogP contribution < -0.4 is 20.1 Å². The molecule has 9 heteroatoms. The summed E-state index contributed by atoms with van der Waals surface area (Å²) < 4.78 is 15.5. The zero-order chi connectivity index (χ0) is 16.9. The first-order valence-electron chi connectivity index (χ1n) is 7.07. The lowest BCUT2D eigenvalue weighted by Gasteiger charge is -2.11. The van der Waals surface area contributed by atoms with E-state index in [-0.39, 0.29) is 0 Å². The molecule has 0 aliphatic carbocycles. The summed E-state index contributed by atoms with van der Waals surface area (Å²) in [5.74, 6) is 3.32. The molecule has 124 valence electrons. The Kier molecular flexibility index (Phi) is 4.41. The highest BCUT2D eigenvalue weighted by Crippen LogP contribution is 2.30. The van der Waals surface area contributed by atoms with Gasteiger partial charge >= 0.3 is 0 Å². The van der Waals surface area contributed by atoms with E-state index >= 15 is 0 Å². The molecule has 0 saturated heterocycles. The summed E-state index contributed by atoms with van der Waals surface area (Å²) in [6, 6.07) is 7.12. The van der Waals surface area contributed by atoms with E-state index in [2.05, 4.69) is 31.0 Å². The number of rotatable bonds is 6. The van der Waals surface area contributed by atoms with E-state index in [0.29, 0.717) is 40.5 Å². The van der Waals surface area contributed by atoms with Crippen molar-refractivity contribution in [2.24, 2.45) is 0 Å². The zero-order valence-electron chi connectivity index (χ0n) is 13.4.